The van der Waals surface area contributed by atoms with Crippen LogP contribution in [-0.4, -0.2) is 36.9 Å². The van der Waals surface area contributed by atoms with E-state index in [2.05, 4.69) is 27.8 Å². The molecule has 7 nitrogen and oxygen atoms in total. The van der Waals surface area contributed by atoms with Gasteiger partial charge in [-0.15, -0.1) is 0 Å². The van der Waals surface area contributed by atoms with Crippen molar-refractivity contribution in [3.8, 4) is 0 Å². The van der Waals surface area contributed by atoms with E-state index < -0.39 is 0 Å². The molecule has 0 fully saturated rings. The van der Waals surface area contributed by atoms with Gasteiger partial charge in [-0.05, 0) is 30.8 Å². The highest BCUT2D eigenvalue weighted by Crippen LogP contribution is 2.27. The van der Waals surface area contributed by atoms with Crippen molar-refractivity contribution in [1.82, 2.24) is 15.7 Å². The number of carbonyl (C=O) groups is 2. The molecule has 0 aliphatic heterocycles. The topological polar surface area (TPSA) is 83.8 Å². The summed E-state index contributed by atoms with van der Waals surface area (Å²) in [5, 5.41) is 3.72. The Morgan fingerprint density at radius 1 is 0.853 bits per heavy atom. The zero-order valence-corrected chi connectivity index (χ0v) is 19.0. The number of fused-ring (bicyclic) bond motifs is 1. The summed E-state index contributed by atoms with van der Waals surface area (Å²) in [6, 6.07) is 26.6. The minimum atomic E-state index is -0.340. The first-order valence-electron chi connectivity index (χ1n) is 11.1. The highest BCUT2D eigenvalue weighted by molar-refractivity contribution is 5.99. The van der Waals surface area contributed by atoms with E-state index in [1.807, 2.05) is 55.6 Å². The predicted molar refractivity (Wildman–Crippen MR) is 130 cm³/mol. The third kappa shape index (κ3) is 5.89. The summed E-state index contributed by atoms with van der Waals surface area (Å²) < 4.78 is 5.92. The van der Waals surface area contributed by atoms with Crippen LogP contribution in [0.1, 0.15) is 32.0 Å². The standard InChI is InChI=1S/C27H27N3O4/c1-30(18-20-10-4-2-5-11-20)19-23-22-14-8-9-15-24(22)34-25(23)27(32)28-16-17-33-29-26(31)21-12-6-3-7-13-21/h2-15H,16-19H2,1H3,(H,28,32)(H,29,31). The number of benzene rings is 3. The summed E-state index contributed by atoms with van der Waals surface area (Å²) in [5.74, 6) is -0.375. The van der Waals surface area contributed by atoms with Gasteiger partial charge in [-0.25, -0.2) is 5.48 Å². The van der Waals surface area contributed by atoms with Crippen LogP contribution in [0.3, 0.4) is 0 Å². The molecule has 0 atom stereocenters. The average molecular weight is 458 g/mol. The van der Waals surface area contributed by atoms with E-state index in [1.54, 1.807) is 24.3 Å². The number of para-hydroxylation sites is 1. The molecule has 0 unspecified atom stereocenters. The number of nitrogens with zero attached hydrogens (tertiary/aromatic N) is 1. The first-order valence-corrected chi connectivity index (χ1v) is 11.1. The zero-order valence-electron chi connectivity index (χ0n) is 19.0. The second-order valence-electron chi connectivity index (χ2n) is 7.97. The molecule has 1 aromatic heterocycles. The Morgan fingerprint density at radius 2 is 1.53 bits per heavy atom. The van der Waals surface area contributed by atoms with E-state index >= 15 is 0 Å². The number of rotatable bonds is 10. The molecule has 0 spiro atoms. The van der Waals surface area contributed by atoms with Gasteiger partial charge >= 0.3 is 0 Å². The van der Waals surface area contributed by atoms with Gasteiger partial charge in [0.2, 0.25) is 0 Å². The third-order valence-electron chi connectivity index (χ3n) is 5.32. The quantitative estimate of drug-likeness (QED) is 0.276. The molecule has 0 saturated heterocycles. The molecule has 2 N–H and O–H groups in total. The second-order valence-corrected chi connectivity index (χ2v) is 7.97. The van der Waals surface area contributed by atoms with Gasteiger partial charge in [-0.1, -0.05) is 66.7 Å². The van der Waals surface area contributed by atoms with Crippen molar-refractivity contribution in [2.24, 2.45) is 0 Å². The molecule has 0 bridgehead atoms. The van der Waals surface area contributed by atoms with Crippen molar-refractivity contribution in [2.45, 2.75) is 13.1 Å². The van der Waals surface area contributed by atoms with Crippen LogP contribution in [0.4, 0.5) is 0 Å². The van der Waals surface area contributed by atoms with Crippen molar-refractivity contribution in [3.05, 3.63) is 107 Å². The normalized spacial score (nSPS) is 11.0. The summed E-state index contributed by atoms with van der Waals surface area (Å²) in [7, 11) is 2.01. The number of hydrogen-bond acceptors (Lipinski definition) is 5. The van der Waals surface area contributed by atoms with Crippen molar-refractivity contribution in [1.29, 1.82) is 0 Å². The van der Waals surface area contributed by atoms with Crippen LogP contribution in [0.2, 0.25) is 0 Å². The third-order valence-corrected chi connectivity index (χ3v) is 5.32. The number of hydroxylamine groups is 1. The zero-order chi connectivity index (χ0) is 23.8. The van der Waals surface area contributed by atoms with E-state index in [9.17, 15) is 9.59 Å². The fourth-order valence-corrected chi connectivity index (χ4v) is 3.72. The van der Waals surface area contributed by atoms with Gasteiger partial charge in [-0.3, -0.25) is 19.3 Å². The Kier molecular flexibility index (Phi) is 7.70. The molecule has 2 amide bonds. The molecule has 0 radical (unpaired) electrons. The van der Waals surface area contributed by atoms with Gasteiger partial charge in [-0.2, -0.15) is 0 Å². The first-order chi connectivity index (χ1) is 16.6. The SMILES string of the molecule is CN(Cc1ccccc1)Cc1c(C(=O)NCCONC(=O)c2ccccc2)oc2ccccc12. The van der Waals surface area contributed by atoms with Crippen LogP contribution in [0.15, 0.2) is 89.3 Å². The largest absolute Gasteiger partial charge is 0.451 e. The van der Waals surface area contributed by atoms with E-state index in [0.717, 1.165) is 17.5 Å². The van der Waals surface area contributed by atoms with Gasteiger partial charge in [0, 0.05) is 36.1 Å². The second kappa shape index (κ2) is 11.3. The fourth-order valence-electron chi connectivity index (χ4n) is 3.72. The lowest BCUT2D eigenvalue weighted by molar-refractivity contribution is 0.0322. The summed E-state index contributed by atoms with van der Waals surface area (Å²) in [6.07, 6.45) is 0. The highest BCUT2D eigenvalue weighted by Gasteiger charge is 2.21. The Morgan fingerprint density at radius 3 is 2.29 bits per heavy atom. The van der Waals surface area contributed by atoms with Gasteiger partial charge in [0.1, 0.15) is 5.58 Å². The van der Waals surface area contributed by atoms with Crippen LogP contribution in [0.25, 0.3) is 11.0 Å². The number of carbonyl (C=O) groups excluding carboxylic acids is 2. The van der Waals surface area contributed by atoms with Gasteiger partial charge in [0.05, 0.1) is 6.61 Å². The Bertz CT molecular complexity index is 1240. The monoisotopic (exact) mass is 457 g/mol. The van der Waals surface area contributed by atoms with Crippen molar-refractivity contribution in [2.75, 3.05) is 20.2 Å². The van der Waals surface area contributed by atoms with Crippen LogP contribution >= 0.6 is 0 Å². The Balaban J connectivity index is 1.36. The van der Waals surface area contributed by atoms with E-state index in [4.69, 9.17) is 9.25 Å². The first kappa shape index (κ1) is 23.2. The molecular formula is C27H27N3O4. The minimum Gasteiger partial charge on any atom is -0.451 e. The van der Waals surface area contributed by atoms with Crippen LogP contribution < -0.4 is 10.8 Å². The van der Waals surface area contributed by atoms with Crippen LogP contribution in [-0.2, 0) is 17.9 Å². The summed E-state index contributed by atoms with van der Waals surface area (Å²) in [5.41, 5.74) is 5.57. The number of nitrogens with one attached hydrogen (secondary N) is 2. The van der Waals surface area contributed by atoms with E-state index in [0.29, 0.717) is 17.7 Å². The summed E-state index contributed by atoms with van der Waals surface area (Å²) >= 11 is 0. The maximum absolute atomic E-state index is 12.9. The smallest absolute Gasteiger partial charge is 0.287 e. The molecule has 0 aliphatic carbocycles. The number of furan rings is 1. The lowest BCUT2D eigenvalue weighted by Crippen LogP contribution is -2.32. The molecule has 0 saturated carbocycles. The van der Waals surface area contributed by atoms with Crippen LogP contribution in [0.5, 0.6) is 0 Å². The minimum absolute atomic E-state index is 0.119. The lowest BCUT2D eigenvalue weighted by atomic mass is 10.1. The molecule has 0 aliphatic rings. The van der Waals surface area contributed by atoms with Crippen LogP contribution in [0, 0.1) is 0 Å². The molecule has 4 rings (SSSR count). The van der Waals surface area contributed by atoms with Gasteiger partial charge in [0.25, 0.3) is 11.8 Å². The molecule has 1 heterocycles. The molecule has 34 heavy (non-hydrogen) atoms. The van der Waals surface area contributed by atoms with E-state index in [-0.39, 0.29) is 30.7 Å². The number of hydrogen-bond donors (Lipinski definition) is 2. The maximum Gasteiger partial charge on any atom is 0.287 e. The summed E-state index contributed by atoms with van der Waals surface area (Å²) in [6.45, 7) is 1.63. The Hall–Kier alpha value is -3.94. The Labute approximate surface area is 198 Å². The van der Waals surface area contributed by atoms with Crippen molar-refractivity contribution in [3.63, 3.8) is 0 Å². The fraction of sp³-hybridized carbons (Fsp3) is 0.185. The number of amides is 2. The van der Waals surface area contributed by atoms with Gasteiger partial charge in [0.15, 0.2) is 5.76 Å². The van der Waals surface area contributed by atoms with Gasteiger partial charge < -0.3 is 9.73 Å². The lowest BCUT2D eigenvalue weighted by Gasteiger charge is -2.17. The predicted octanol–water partition coefficient (Wildman–Crippen LogP) is 4.16. The summed E-state index contributed by atoms with van der Waals surface area (Å²) in [4.78, 5) is 32.3. The van der Waals surface area contributed by atoms with Crippen molar-refractivity contribution < 1.29 is 18.8 Å². The average Bonchev–Trinajstić information content (AvgIpc) is 3.23. The highest BCUT2D eigenvalue weighted by atomic mass is 16.6. The van der Waals surface area contributed by atoms with Crippen molar-refractivity contribution >= 4 is 22.8 Å². The molecule has 4 aromatic rings. The maximum atomic E-state index is 12.9. The molecule has 174 valence electrons. The molecule has 7 heteroatoms. The molecular weight excluding hydrogens is 430 g/mol. The molecule has 3 aromatic carbocycles. The van der Waals surface area contributed by atoms with E-state index in [1.165, 1.54) is 5.56 Å².